The molecule has 1 saturated heterocycles. The highest BCUT2D eigenvalue weighted by molar-refractivity contribution is 5.77. The molecule has 0 spiro atoms. The Labute approximate surface area is 119 Å². The Bertz CT molecular complexity index is 405. The van der Waals surface area contributed by atoms with E-state index >= 15 is 0 Å². The van der Waals surface area contributed by atoms with Gasteiger partial charge >= 0.3 is 12.0 Å². The molecule has 20 heavy (non-hydrogen) atoms. The lowest BCUT2D eigenvalue weighted by molar-refractivity contribution is -0.154. The Morgan fingerprint density at radius 1 is 1.30 bits per heavy atom. The number of nitrogens with zero attached hydrogens (tertiary/aromatic N) is 1. The van der Waals surface area contributed by atoms with Gasteiger partial charge in [-0.1, -0.05) is 27.7 Å². The molecule has 1 heterocycles. The van der Waals surface area contributed by atoms with E-state index < -0.39 is 12.1 Å². The van der Waals surface area contributed by atoms with Crippen LogP contribution in [0.3, 0.4) is 0 Å². The van der Waals surface area contributed by atoms with Gasteiger partial charge in [-0.15, -0.1) is 0 Å². The second-order valence-corrected chi connectivity index (χ2v) is 6.83. The molecule has 0 radical (unpaired) electrons. The van der Waals surface area contributed by atoms with E-state index in [-0.39, 0.29) is 30.0 Å². The van der Waals surface area contributed by atoms with Gasteiger partial charge in [0.15, 0.2) is 6.10 Å². The van der Waals surface area contributed by atoms with Gasteiger partial charge in [0.05, 0.1) is 13.2 Å². The predicted molar refractivity (Wildman–Crippen MR) is 73.4 cm³/mol. The summed E-state index contributed by atoms with van der Waals surface area (Å²) in [7, 11) is 0. The normalized spacial score (nSPS) is 28.0. The average Bonchev–Trinajstić information content (AvgIpc) is 2.77. The number of nitrogens with one attached hydrogen (secondary N) is 1. The highest BCUT2D eigenvalue weighted by atomic mass is 16.5. The van der Waals surface area contributed by atoms with Gasteiger partial charge in [-0.2, -0.15) is 0 Å². The minimum atomic E-state index is -1.02. The monoisotopic (exact) mass is 284 g/mol. The van der Waals surface area contributed by atoms with E-state index in [1.54, 1.807) is 0 Å². The van der Waals surface area contributed by atoms with Crippen LogP contribution in [-0.2, 0) is 9.53 Å². The summed E-state index contributed by atoms with van der Waals surface area (Å²) < 4.78 is 5.10. The largest absolute Gasteiger partial charge is 0.479 e. The first-order valence-electron chi connectivity index (χ1n) is 7.05. The third-order valence-electron chi connectivity index (χ3n) is 5.41. The Kier molecular flexibility index (Phi) is 3.71. The average molecular weight is 284 g/mol. The highest BCUT2D eigenvalue weighted by Gasteiger charge is 2.64. The fraction of sp³-hybridized carbons (Fsp3) is 0.857. The number of morpholine rings is 1. The van der Waals surface area contributed by atoms with Crippen molar-refractivity contribution in [2.75, 3.05) is 26.2 Å². The number of aliphatic carboxylic acids is 1. The number of ether oxygens (including phenoxy) is 1. The molecule has 114 valence electrons. The van der Waals surface area contributed by atoms with Gasteiger partial charge in [0.25, 0.3) is 0 Å². The summed E-state index contributed by atoms with van der Waals surface area (Å²) in [5.74, 6) is -0.567. The van der Waals surface area contributed by atoms with E-state index in [0.717, 1.165) is 0 Å². The van der Waals surface area contributed by atoms with Crippen molar-refractivity contribution in [3.63, 3.8) is 0 Å². The van der Waals surface area contributed by atoms with Crippen molar-refractivity contribution in [3.8, 4) is 0 Å². The molecule has 1 unspecified atom stereocenters. The standard InChI is InChI=1S/C14H24N2O4/c1-13(2)10(14(13,3)4)7-15-12(19)16-5-6-20-9(8-16)11(17)18/h9-10H,5-8H2,1-4H3,(H,15,19)(H,17,18). The van der Waals surface area contributed by atoms with Crippen LogP contribution in [0, 0.1) is 16.7 Å². The molecule has 2 rings (SSSR count). The predicted octanol–water partition coefficient (Wildman–Crippen LogP) is 1.16. The number of rotatable bonds is 3. The lowest BCUT2D eigenvalue weighted by Crippen LogP contribution is -2.52. The molecule has 2 amide bonds. The van der Waals surface area contributed by atoms with Crippen LogP contribution < -0.4 is 5.32 Å². The molecular formula is C14H24N2O4. The van der Waals surface area contributed by atoms with Crippen molar-refractivity contribution < 1.29 is 19.4 Å². The molecule has 2 fully saturated rings. The topological polar surface area (TPSA) is 78.9 Å². The molecule has 2 aliphatic rings. The number of carbonyl (C=O) groups excluding carboxylic acids is 1. The van der Waals surface area contributed by atoms with Crippen LogP contribution >= 0.6 is 0 Å². The molecule has 6 heteroatoms. The lowest BCUT2D eigenvalue weighted by Gasteiger charge is -2.31. The van der Waals surface area contributed by atoms with Crippen molar-refractivity contribution in [1.82, 2.24) is 10.2 Å². The second kappa shape index (κ2) is 4.91. The molecule has 0 aromatic heterocycles. The lowest BCUT2D eigenvalue weighted by atomic mass is 10.0. The molecule has 1 saturated carbocycles. The second-order valence-electron chi connectivity index (χ2n) is 6.83. The van der Waals surface area contributed by atoms with E-state index in [0.29, 0.717) is 19.0 Å². The molecule has 0 bridgehead atoms. The molecule has 1 aliphatic heterocycles. The number of carboxylic acids is 1. The SMILES string of the molecule is CC1(C)C(CNC(=O)N2CCOC(C(=O)O)C2)C1(C)C. The number of hydrogen-bond acceptors (Lipinski definition) is 3. The van der Waals surface area contributed by atoms with Gasteiger partial charge in [-0.3, -0.25) is 0 Å². The summed E-state index contributed by atoms with van der Waals surface area (Å²) in [6.45, 7) is 10.3. The first kappa shape index (κ1) is 15.1. The molecule has 0 aromatic carbocycles. The van der Waals surface area contributed by atoms with E-state index in [1.807, 2.05) is 0 Å². The molecule has 6 nitrogen and oxygen atoms in total. The molecule has 0 aromatic rings. The van der Waals surface area contributed by atoms with Crippen molar-refractivity contribution in [2.45, 2.75) is 33.8 Å². The van der Waals surface area contributed by atoms with Crippen LogP contribution in [0.15, 0.2) is 0 Å². The smallest absolute Gasteiger partial charge is 0.334 e. The summed E-state index contributed by atoms with van der Waals surface area (Å²) in [5.41, 5.74) is 0.462. The zero-order chi connectivity index (χ0) is 15.1. The zero-order valence-electron chi connectivity index (χ0n) is 12.6. The third kappa shape index (κ3) is 2.49. The van der Waals surface area contributed by atoms with Gasteiger partial charge in [0.1, 0.15) is 0 Å². The van der Waals surface area contributed by atoms with Gasteiger partial charge in [-0.25, -0.2) is 9.59 Å². The Balaban J connectivity index is 1.83. The number of amides is 2. The fourth-order valence-corrected chi connectivity index (χ4v) is 3.13. The molecular weight excluding hydrogens is 260 g/mol. The van der Waals surface area contributed by atoms with E-state index in [1.165, 1.54) is 4.90 Å². The minimum absolute atomic E-state index is 0.110. The van der Waals surface area contributed by atoms with Gasteiger partial charge in [0, 0.05) is 13.1 Å². The summed E-state index contributed by atoms with van der Waals surface area (Å²) in [4.78, 5) is 24.5. The fourth-order valence-electron chi connectivity index (χ4n) is 3.13. The van der Waals surface area contributed by atoms with Crippen LogP contribution in [0.4, 0.5) is 4.79 Å². The van der Waals surface area contributed by atoms with Crippen molar-refractivity contribution in [3.05, 3.63) is 0 Å². The maximum atomic E-state index is 12.1. The van der Waals surface area contributed by atoms with Crippen molar-refractivity contribution in [1.29, 1.82) is 0 Å². The maximum absolute atomic E-state index is 12.1. The van der Waals surface area contributed by atoms with Crippen LogP contribution in [0.1, 0.15) is 27.7 Å². The van der Waals surface area contributed by atoms with E-state index in [2.05, 4.69) is 33.0 Å². The molecule has 1 aliphatic carbocycles. The van der Waals surface area contributed by atoms with Crippen LogP contribution in [-0.4, -0.2) is 54.4 Å². The van der Waals surface area contributed by atoms with Gasteiger partial charge in [-0.05, 0) is 16.7 Å². The third-order valence-corrected chi connectivity index (χ3v) is 5.41. The summed E-state index contributed by atoms with van der Waals surface area (Å²) in [5, 5.41) is 11.8. The van der Waals surface area contributed by atoms with Crippen molar-refractivity contribution >= 4 is 12.0 Å². The quantitative estimate of drug-likeness (QED) is 0.815. The first-order chi connectivity index (χ1) is 9.18. The summed E-state index contributed by atoms with van der Waals surface area (Å²) in [6.07, 6.45) is -0.914. The summed E-state index contributed by atoms with van der Waals surface area (Å²) in [6, 6.07) is -0.196. The van der Waals surface area contributed by atoms with Crippen LogP contribution in [0.25, 0.3) is 0 Å². The number of urea groups is 1. The Morgan fingerprint density at radius 3 is 2.40 bits per heavy atom. The maximum Gasteiger partial charge on any atom is 0.334 e. The van der Waals surface area contributed by atoms with Gasteiger partial charge < -0.3 is 20.1 Å². The first-order valence-corrected chi connectivity index (χ1v) is 7.05. The van der Waals surface area contributed by atoms with Crippen molar-refractivity contribution in [2.24, 2.45) is 16.7 Å². The molecule has 2 N–H and O–H groups in total. The van der Waals surface area contributed by atoms with Gasteiger partial charge in [0.2, 0.25) is 0 Å². The van der Waals surface area contributed by atoms with Crippen LogP contribution in [0.2, 0.25) is 0 Å². The Hall–Kier alpha value is -1.30. The zero-order valence-corrected chi connectivity index (χ0v) is 12.6. The number of carbonyl (C=O) groups is 2. The minimum Gasteiger partial charge on any atom is -0.479 e. The number of carboxylic acid groups (broad SMARTS) is 1. The Morgan fingerprint density at radius 2 is 1.90 bits per heavy atom. The highest BCUT2D eigenvalue weighted by Crippen LogP contribution is 2.67. The van der Waals surface area contributed by atoms with E-state index in [9.17, 15) is 9.59 Å². The number of hydrogen-bond donors (Lipinski definition) is 2. The summed E-state index contributed by atoms with van der Waals surface area (Å²) >= 11 is 0. The van der Waals surface area contributed by atoms with E-state index in [4.69, 9.17) is 9.84 Å². The van der Waals surface area contributed by atoms with Crippen LogP contribution in [0.5, 0.6) is 0 Å². The molecule has 1 atom stereocenters.